The van der Waals surface area contributed by atoms with Gasteiger partial charge in [0.05, 0.1) is 19.1 Å². The van der Waals surface area contributed by atoms with Gasteiger partial charge < -0.3 is 15.7 Å². The molecule has 0 radical (unpaired) electrons. The molecule has 0 spiro atoms. The van der Waals surface area contributed by atoms with E-state index in [1.54, 1.807) is 4.90 Å². The molecule has 3 N–H and O–H groups in total. The molecule has 1 atom stereocenters. The Labute approximate surface area is 90.4 Å². The Bertz CT molecular complexity index is 257. The molecule has 2 aliphatic rings. The normalized spacial score (nSPS) is 25.9. The topological polar surface area (TPSA) is 66.6 Å². The number of likely N-dealkylation sites (tertiary alicyclic amines) is 1. The average molecular weight is 212 g/mol. The first-order valence-electron chi connectivity index (χ1n) is 5.83. The fraction of sp³-hybridized carbons (Fsp3) is 0.909. The van der Waals surface area contributed by atoms with Crippen molar-refractivity contribution in [3.63, 3.8) is 0 Å². The van der Waals surface area contributed by atoms with Crippen molar-refractivity contribution in [3.05, 3.63) is 0 Å². The second-order valence-corrected chi connectivity index (χ2v) is 4.97. The molecule has 1 unspecified atom stereocenters. The lowest BCUT2D eigenvalue weighted by atomic mass is 9.88. The van der Waals surface area contributed by atoms with Crippen LogP contribution in [0.3, 0.4) is 0 Å². The molecule has 2 fully saturated rings. The van der Waals surface area contributed by atoms with Crippen molar-refractivity contribution in [2.45, 2.75) is 44.2 Å². The molecular formula is C11H20N2O2. The highest BCUT2D eigenvalue weighted by molar-refractivity contribution is 5.82. The van der Waals surface area contributed by atoms with Crippen LogP contribution in [-0.4, -0.2) is 40.6 Å². The third kappa shape index (κ3) is 2.01. The maximum absolute atomic E-state index is 11.7. The summed E-state index contributed by atoms with van der Waals surface area (Å²) in [5, 5.41) is 10.0. The minimum absolute atomic E-state index is 0.00201. The van der Waals surface area contributed by atoms with Crippen LogP contribution in [0.25, 0.3) is 0 Å². The number of nitrogens with zero attached hydrogens (tertiary/aromatic N) is 1. The van der Waals surface area contributed by atoms with E-state index < -0.39 is 5.60 Å². The van der Waals surface area contributed by atoms with Crippen LogP contribution in [0.2, 0.25) is 0 Å². The lowest BCUT2D eigenvalue weighted by molar-refractivity contribution is -0.160. The zero-order valence-electron chi connectivity index (χ0n) is 9.28. The van der Waals surface area contributed by atoms with E-state index in [2.05, 4.69) is 0 Å². The summed E-state index contributed by atoms with van der Waals surface area (Å²) in [5.41, 5.74) is 5.16. The minimum atomic E-state index is -0.582. The van der Waals surface area contributed by atoms with E-state index in [4.69, 9.17) is 5.73 Å². The largest absolute Gasteiger partial charge is 0.386 e. The van der Waals surface area contributed by atoms with Gasteiger partial charge in [-0.05, 0) is 25.2 Å². The Kier molecular flexibility index (Phi) is 2.73. The van der Waals surface area contributed by atoms with Crippen molar-refractivity contribution in [3.8, 4) is 0 Å². The highest BCUT2D eigenvalue weighted by Gasteiger charge is 2.53. The Hall–Kier alpha value is -0.610. The first kappa shape index (κ1) is 10.9. The maximum Gasteiger partial charge on any atom is 0.239 e. The van der Waals surface area contributed by atoms with Crippen molar-refractivity contribution in [1.82, 2.24) is 4.90 Å². The van der Waals surface area contributed by atoms with Crippen LogP contribution < -0.4 is 5.73 Å². The summed E-state index contributed by atoms with van der Waals surface area (Å²) in [6.07, 6.45) is 3.88. The van der Waals surface area contributed by atoms with E-state index in [0.29, 0.717) is 19.0 Å². The molecule has 0 aromatic rings. The van der Waals surface area contributed by atoms with Gasteiger partial charge in [-0.25, -0.2) is 0 Å². The Morgan fingerprint density at radius 2 is 2.20 bits per heavy atom. The molecule has 1 saturated heterocycles. The zero-order chi connectivity index (χ0) is 11.1. The fourth-order valence-electron chi connectivity index (χ4n) is 2.32. The predicted octanol–water partition coefficient (Wildman–Crippen LogP) is 0.0971. The van der Waals surface area contributed by atoms with Crippen LogP contribution in [0, 0.1) is 5.92 Å². The molecular weight excluding hydrogens is 192 g/mol. The molecule has 1 amide bonds. The van der Waals surface area contributed by atoms with Crippen LogP contribution in [0.5, 0.6) is 0 Å². The maximum atomic E-state index is 11.7. The van der Waals surface area contributed by atoms with Gasteiger partial charge in [-0.1, -0.05) is 13.3 Å². The third-order valence-electron chi connectivity index (χ3n) is 3.50. The minimum Gasteiger partial charge on any atom is -0.386 e. The third-order valence-corrected chi connectivity index (χ3v) is 3.50. The van der Waals surface area contributed by atoms with Gasteiger partial charge in [-0.15, -0.1) is 0 Å². The zero-order valence-corrected chi connectivity index (χ0v) is 9.28. The van der Waals surface area contributed by atoms with E-state index in [9.17, 15) is 9.90 Å². The van der Waals surface area contributed by atoms with E-state index in [-0.39, 0.29) is 11.9 Å². The van der Waals surface area contributed by atoms with Crippen LogP contribution in [0.4, 0.5) is 0 Å². The van der Waals surface area contributed by atoms with Gasteiger partial charge in [0, 0.05) is 0 Å². The molecule has 4 heteroatoms. The molecule has 1 saturated carbocycles. The number of hydrogen-bond acceptors (Lipinski definition) is 3. The van der Waals surface area contributed by atoms with Crippen molar-refractivity contribution < 1.29 is 9.90 Å². The number of hydrogen-bond donors (Lipinski definition) is 2. The lowest BCUT2D eigenvalue weighted by Gasteiger charge is -2.47. The first-order chi connectivity index (χ1) is 7.07. The molecule has 1 heterocycles. The van der Waals surface area contributed by atoms with Gasteiger partial charge in [0.2, 0.25) is 5.91 Å². The van der Waals surface area contributed by atoms with Crippen molar-refractivity contribution >= 4 is 5.91 Å². The summed E-state index contributed by atoms with van der Waals surface area (Å²) >= 11 is 0. The highest BCUT2D eigenvalue weighted by atomic mass is 16.3. The summed E-state index contributed by atoms with van der Waals surface area (Å²) in [4.78, 5) is 13.4. The second-order valence-electron chi connectivity index (χ2n) is 4.97. The summed E-state index contributed by atoms with van der Waals surface area (Å²) in [5.74, 6) is 0.436. The number of aliphatic hydroxyl groups is 1. The quantitative estimate of drug-likeness (QED) is 0.694. The van der Waals surface area contributed by atoms with Gasteiger partial charge in [0.1, 0.15) is 5.60 Å². The molecule has 4 nitrogen and oxygen atoms in total. The van der Waals surface area contributed by atoms with Gasteiger partial charge >= 0.3 is 0 Å². The number of amides is 1. The molecule has 1 aliphatic carbocycles. The molecule has 0 bridgehead atoms. The van der Waals surface area contributed by atoms with E-state index in [0.717, 1.165) is 25.7 Å². The van der Waals surface area contributed by atoms with Crippen molar-refractivity contribution in [1.29, 1.82) is 0 Å². The highest BCUT2D eigenvalue weighted by Crippen LogP contribution is 2.44. The standard InChI is InChI=1S/C11H20N2O2/c1-2-3-9(12)10(14)13-6-11(15,7-13)8-4-5-8/h8-9,15H,2-7,12H2,1H3. The summed E-state index contributed by atoms with van der Waals surface area (Å²) in [6.45, 7) is 3.01. The van der Waals surface area contributed by atoms with Gasteiger partial charge in [0.25, 0.3) is 0 Å². The first-order valence-corrected chi connectivity index (χ1v) is 5.83. The number of carbonyl (C=O) groups excluding carboxylic acids is 1. The molecule has 0 aromatic heterocycles. The SMILES string of the molecule is CCCC(N)C(=O)N1CC(O)(C2CC2)C1. The molecule has 1 aliphatic heterocycles. The number of carbonyl (C=O) groups is 1. The lowest BCUT2D eigenvalue weighted by Crippen LogP contribution is -2.66. The Balaban J connectivity index is 1.80. The van der Waals surface area contributed by atoms with Crippen LogP contribution in [-0.2, 0) is 4.79 Å². The van der Waals surface area contributed by atoms with E-state index >= 15 is 0 Å². The number of β-amino-alcohol motifs (C(OH)–C–C–N with tert-alkyl or cyclic N) is 1. The second kappa shape index (κ2) is 3.76. The summed E-state index contributed by atoms with van der Waals surface area (Å²) in [6, 6.07) is -0.376. The Morgan fingerprint density at radius 1 is 1.60 bits per heavy atom. The predicted molar refractivity (Wildman–Crippen MR) is 57.1 cm³/mol. The fourth-order valence-corrected chi connectivity index (χ4v) is 2.32. The van der Waals surface area contributed by atoms with E-state index in [1.165, 1.54) is 0 Å². The smallest absolute Gasteiger partial charge is 0.239 e. The monoisotopic (exact) mass is 212 g/mol. The van der Waals surface area contributed by atoms with Gasteiger partial charge in [-0.2, -0.15) is 0 Å². The van der Waals surface area contributed by atoms with Gasteiger partial charge in [0.15, 0.2) is 0 Å². The summed E-state index contributed by atoms with van der Waals surface area (Å²) < 4.78 is 0. The molecule has 0 aromatic carbocycles. The molecule has 86 valence electrons. The average Bonchev–Trinajstić information content (AvgIpc) is 2.95. The van der Waals surface area contributed by atoms with Crippen LogP contribution in [0.15, 0.2) is 0 Å². The number of nitrogens with two attached hydrogens (primary N) is 1. The Morgan fingerprint density at radius 3 is 2.67 bits per heavy atom. The van der Waals surface area contributed by atoms with Crippen LogP contribution in [0.1, 0.15) is 32.6 Å². The molecule has 2 rings (SSSR count). The number of rotatable bonds is 4. The van der Waals surface area contributed by atoms with Gasteiger partial charge in [-0.3, -0.25) is 4.79 Å². The summed E-state index contributed by atoms with van der Waals surface area (Å²) in [7, 11) is 0. The van der Waals surface area contributed by atoms with Crippen molar-refractivity contribution in [2.75, 3.05) is 13.1 Å². The van der Waals surface area contributed by atoms with Crippen LogP contribution >= 0.6 is 0 Å². The molecule has 15 heavy (non-hydrogen) atoms. The van der Waals surface area contributed by atoms with Crippen molar-refractivity contribution in [2.24, 2.45) is 11.7 Å². The van der Waals surface area contributed by atoms with E-state index in [1.807, 2.05) is 6.92 Å².